The Balaban J connectivity index is 1.59. The summed E-state index contributed by atoms with van der Waals surface area (Å²) in [5.41, 5.74) is 1.97. The van der Waals surface area contributed by atoms with E-state index in [0.29, 0.717) is 28.1 Å². The zero-order chi connectivity index (χ0) is 19.8. The Morgan fingerprint density at radius 3 is 2.07 bits per heavy atom. The predicted octanol–water partition coefficient (Wildman–Crippen LogP) is 5.00. The van der Waals surface area contributed by atoms with Gasteiger partial charge in [-0.2, -0.15) is 0 Å². The number of anilines is 2. The summed E-state index contributed by atoms with van der Waals surface area (Å²) in [5.74, 6) is -1.09. The number of imide groups is 1. The van der Waals surface area contributed by atoms with Gasteiger partial charge in [-0.3, -0.25) is 14.4 Å². The summed E-state index contributed by atoms with van der Waals surface area (Å²) in [6.07, 6.45) is 0. The van der Waals surface area contributed by atoms with Crippen LogP contribution in [0.2, 0.25) is 5.02 Å². The molecule has 1 aliphatic heterocycles. The van der Waals surface area contributed by atoms with Gasteiger partial charge in [0.05, 0.1) is 27.5 Å². The van der Waals surface area contributed by atoms with E-state index < -0.39 is 11.8 Å². The molecular formula is C21H12ClIN2O3. The molecule has 0 aromatic heterocycles. The fourth-order valence-electron chi connectivity index (χ4n) is 2.96. The minimum absolute atomic E-state index is 0.230. The van der Waals surface area contributed by atoms with Crippen molar-refractivity contribution in [2.24, 2.45) is 0 Å². The van der Waals surface area contributed by atoms with Crippen LogP contribution in [0.1, 0.15) is 31.1 Å². The van der Waals surface area contributed by atoms with Crippen molar-refractivity contribution in [3.05, 3.63) is 92.0 Å². The molecular weight excluding hydrogens is 491 g/mol. The van der Waals surface area contributed by atoms with Gasteiger partial charge in [0.2, 0.25) is 0 Å². The summed E-state index contributed by atoms with van der Waals surface area (Å²) in [7, 11) is 0. The lowest BCUT2D eigenvalue weighted by Gasteiger charge is -2.16. The molecule has 28 heavy (non-hydrogen) atoms. The molecule has 1 aliphatic rings. The van der Waals surface area contributed by atoms with Crippen molar-refractivity contribution < 1.29 is 14.4 Å². The van der Waals surface area contributed by atoms with Gasteiger partial charge in [0, 0.05) is 9.13 Å². The van der Waals surface area contributed by atoms with Gasteiger partial charge in [-0.15, -0.1) is 0 Å². The second-order valence-corrected chi connectivity index (χ2v) is 7.77. The normalized spacial score (nSPS) is 12.9. The molecule has 0 saturated heterocycles. The monoisotopic (exact) mass is 502 g/mol. The molecule has 0 radical (unpaired) electrons. The summed E-state index contributed by atoms with van der Waals surface area (Å²) < 4.78 is 1.03. The van der Waals surface area contributed by atoms with Crippen molar-refractivity contribution in [2.45, 2.75) is 0 Å². The summed E-state index contributed by atoms with van der Waals surface area (Å²) >= 11 is 8.47. The molecule has 4 rings (SSSR count). The summed E-state index contributed by atoms with van der Waals surface area (Å²) in [6.45, 7) is 0. The molecule has 5 nitrogen and oxygen atoms in total. The number of benzene rings is 3. The molecule has 0 saturated carbocycles. The van der Waals surface area contributed by atoms with Gasteiger partial charge in [-0.05, 0) is 77.2 Å². The van der Waals surface area contributed by atoms with Gasteiger partial charge in [0.25, 0.3) is 17.7 Å². The maximum absolute atomic E-state index is 12.6. The fraction of sp³-hybridized carbons (Fsp3) is 0. The maximum atomic E-state index is 12.6. The lowest BCUT2D eigenvalue weighted by molar-refractivity contribution is 0.0924. The second kappa shape index (κ2) is 7.37. The highest BCUT2D eigenvalue weighted by molar-refractivity contribution is 14.1. The number of amides is 3. The van der Waals surface area contributed by atoms with E-state index in [2.05, 4.69) is 27.9 Å². The summed E-state index contributed by atoms with van der Waals surface area (Å²) in [4.78, 5) is 38.6. The van der Waals surface area contributed by atoms with Crippen molar-refractivity contribution in [1.82, 2.24) is 0 Å². The topological polar surface area (TPSA) is 66.5 Å². The first-order chi connectivity index (χ1) is 13.5. The van der Waals surface area contributed by atoms with Gasteiger partial charge in [0.1, 0.15) is 0 Å². The van der Waals surface area contributed by atoms with Crippen molar-refractivity contribution in [2.75, 3.05) is 10.2 Å². The van der Waals surface area contributed by atoms with E-state index in [-0.39, 0.29) is 10.9 Å². The number of rotatable bonds is 3. The van der Waals surface area contributed by atoms with Crippen LogP contribution in [0.4, 0.5) is 11.4 Å². The predicted molar refractivity (Wildman–Crippen MR) is 116 cm³/mol. The number of nitrogens with one attached hydrogen (secondary N) is 1. The van der Waals surface area contributed by atoms with Crippen LogP contribution in [0.15, 0.2) is 66.7 Å². The average molecular weight is 503 g/mol. The van der Waals surface area contributed by atoms with Crippen molar-refractivity contribution in [3.63, 3.8) is 0 Å². The molecule has 0 spiro atoms. The SMILES string of the molecule is O=C(Nc1ccc(N2C(=O)c3ccccc3C2=O)cc1Cl)c1ccc(I)cc1. The van der Waals surface area contributed by atoms with Crippen molar-refractivity contribution in [1.29, 1.82) is 0 Å². The molecule has 0 bridgehead atoms. The molecule has 7 heteroatoms. The molecule has 138 valence electrons. The van der Waals surface area contributed by atoms with Gasteiger partial charge in [-0.1, -0.05) is 23.7 Å². The average Bonchev–Trinajstić information content (AvgIpc) is 2.95. The van der Waals surface area contributed by atoms with Crippen molar-refractivity contribution >= 4 is 63.3 Å². The number of carbonyl (C=O) groups excluding carboxylic acids is 3. The number of halogens is 2. The van der Waals surface area contributed by atoms with Gasteiger partial charge in [-0.25, -0.2) is 4.90 Å². The smallest absolute Gasteiger partial charge is 0.266 e. The molecule has 3 aromatic carbocycles. The quantitative estimate of drug-likeness (QED) is 0.405. The number of carbonyl (C=O) groups is 3. The van der Waals surface area contributed by atoms with E-state index in [1.54, 1.807) is 48.5 Å². The Kier molecular flexibility index (Phi) is 4.91. The lowest BCUT2D eigenvalue weighted by Crippen LogP contribution is -2.29. The maximum Gasteiger partial charge on any atom is 0.266 e. The third-order valence-electron chi connectivity index (χ3n) is 4.36. The highest BCUT2D eigenvalue weighted by Gasteiger charge is 2.36. The van der Waals surface area contributed by atoms with E-state index in [1.807, 2.05) is 12.1 Å². The van der Waals surface area contributed by atoms with Crippen LogP contribution in [0.3, 0.4) is 0 Å². The molecule has 3 aromatic rings. The third-order valence-corrected chi connectivity index (χ3v) is 5.39. The van der Waals surface area contributed by atoms with Crippen molar-refractivity contribution in [3.8, 4) is 0 Å². The number of hydrogen-bond donors (Lipinski definition) is 1. The van der Waals surface area contributed by atoms with Crippen LogP contribution in [0.5, 0.6) is 0 Å². The van der Waals surface area contributed by atoms with E-state index in [0.717, 1.165) is 8.47 Å². The highest BCUT2D eigenvalue weighted by atomic mass is 127. The third kappa shape index (κ3) is 3.29. The first kappa shape index (κ1) is 18.6. The van der Waals surface area contributed by atoms with E-state index in [4.69, 9.17) is 11.6 Å². The largest absolute Gasteiger partial charge is 0.321 e. The molecule has 3 amide bonds. The van der Waals surface area contributed by atoms with E-state index >= 15 is 0 Å². The molecule has 0 atom stereocenters. The Bertz CT molecular complexity index is 1090. The second-order valence-electron chi connectivity index (χ2n) is 6.12. The first-order valence-electron chi connectivity index (χ1n) is 8.30. The van der Waals surface area contributed by atoms with E-state index in [1.165, 1.54) is 6.07 Å². The molecule has 0 fully saturated rings. The molecule has 1 N–H and O–H groups in total. The summed E-state index contributed by atoms with van der Waals surface area (Å²) in [6, 6.07) is 18.4. The molecule has 1 heterocycles. The summed E-state index contributed by atoms with van der Waals surface area (Å²) in [5, 5.41) is 2.97. The van der Waals surface area contributed by atoms with Crippen LogP contribution in [0.25, 0.3) is 0 Å². The Morgan fingerprint density at radius 2 is 1.50 bits per heavy atom. The number of nitrogens with zero attached hydrogens (tertiary/aromatic N) is 1. The number of hydrogen-bond acceptors (Lipinski definition) is 3. The molecule has 0 aliphatic carbocycles. The van der Waals surface area contributed by atoms with Crippen LogP contribution in [0, 0.1) is 3.57 Å². The van der Waals surface area contributed by atoms with Crippen LogP contribution in [-0.2, 0) is 0 Å². The van der Waals surface area contributed by atoms with E-state index in [9.17, 15) is 14.4 Å². The van der Waals surface area contributed by atoms with Gasteiger partial charge >= 0.3 is 0 Å². The lowest BCUT2D eigenvalue weighted by atomic mass is 10.1. The highest BCUT2D eigenvalue weighted by Crippen LogP contribution is 2.33. The fourth-order valence-corrected chi connectivity index (χ4v) is 3.55. The minimum Gasteiger partial charge on any atom is -0.321 e. The zero-order valence-corrected chi connectivity index (χ0v) is 17.2. The van der Waals surface area contributed by atoms with Gasteiger partial charge in [0.15, 0.2) is 0 Å². The minimum atomic E-state index is -0.396. The number of fused-ring (bicyclic) bond motifs is 1. The van der Waals surface area contributed by atoms with Crippen LogP contribution >= 0.6 is 34.2 Å². The Morgan fingerprint density at radius 1 is 0.893 bits per heavy atom. The Labute approximate surface area is 179 Å². The van der Waals surface area contributed by atoms with Gasteiger partial charge < -0.3 is 5.32 Å². The Hall–Kier alpha value is -2.71. The molecule has 0 unspecified atom stereocenters. The van der Waals surface area contributed by atoms with Crippen LogP contribution in [-0.4, -0.2) is 17.7 Å². The zero-order valence-electron chi connectivity index (χ0n) is 14.3. The van der Waals surface area contributed by atoms with Crippen LogP contribution < -0.4 is 10.2 Å². The first-order valence-corrected chi connectivity index (χ1v) is 9.75. The standard InChI is InChI=1S/C21H12ClIN2O3/c22-17-11-14(25-20(27)15-3-1-2-4-16(15)21(25)28)9-10-18(17)24-19(26)12-5-7-13(23)8-6-12/h1-11H,(H,24,26).